The van der Waals surface area contributed by atoms with E-state index in [1.54, 1.807) is 0 Å². The quantitative estimate of drug-likeness (QED) is 0.698. The van der Waals surface area contributed by atoms with E-state index in [2.05, 4.69) is 17.4 Å². The summed E-state index contributed by atoms with van der Waals surface area (Å²) in [4.78, 5) is 14.6. The zero-order chi connectivity index (χ0) is 18.5. The first kappa shape index (κ1) is 17.4. The molecule has 0 aliphatic carbocycles. The van der Waals surface area contributed by atoms with Crippen molar-refractivity contribution in [3.63, 3.8) is 0 Å². The number of ether oxygens (including phenoxy) is 1. The van der Waals surface area contributed by atoms with Gasteiger partial charge in [-0.05, 0) is 42.3 Å². The number of hydrogen-bond donors (Lipinski definition) is 1. The van der Waals surface area contributed by atoms with Gasteiger partial charge in [0, 0.05) is 18.5 Å². The second-order valence-corrected chi connectivity index (χ2v) is 7.01. The van der Waals surface area contributed by atoms with Crippen molar-refractivity contribution in [2.24, 2.45) is 5.92 Å². The number of hydrogen-bond acceptors (Lipinski definition) is 2. The molecule has 0 aromatic heterocycles. The topological polar surface area (TPSA) is 41.6 Å². The maximum Gasteiger partial charge on any atom is 0.321 e. The number of carbonyl (C=O) groups is 1. The standard InChI is InChI=1S/C23H24N2O2/c26-23(24-22-12-6-8-19-7-4-5-11-21(19)22)25-15-13-18(14-16-25)17-27-20-9-2-1-3-10-20/h1-12,18H,13-17H2,(H,24,26). The van der Waals surface area contributed by atoms with Gasteiger partial charge in [-0.25, -0.2) is 4.79 Å². The van der Waals surface area contributed by atoms with Crippen molar-refractivity contribution in [3.05, 3.63) is 72.8 Å². The van der Waals surface area contributed by atoms with Crippen molar-refractivity contribution in [1.29, 1.82) is 0 Å². The molecule has 0 saturated carbocycles. The Morgan fingerprint density at radius 3 is 2.44 bits per heavy atom. The number of para-hydroxylation sites is 1. The number of anilines is 1. The molecule has 1 fully saturated rings. The first-order chi connectivity index (χ1) is 13.3. The molecule has 4 nitrogen and oxygen atoms in total. The molecule has 1 N–H and O–H groups in total. The molecule has 1 aliphatic heterocycles. The average Bonchev–Trinajstić information content (AvgIpc) is 2.74. The average molecular weight is 360 g/mol. The maximum absolute atomic E-state index is 12.7. The van der Waals surface area contributed by atoms with E-state index in [4.69, 9.17) is 4.74 Å². The Bertz CT molecular complexity index is 897. The molecule has 0 atom stereocenters. The lowest BCUT2D eigenvalue weighted by Gasteiger charge is -2.32. The fourth-order valence-electron chi connectivity index (χ4n) is 3.56. The van der Waals surface area contributed by atoms with E-state index in [9.17, 15) is 4.79 Å². The lowest BCUT2D eigenvalue weighted by Crippen LogP contribution is -2.42. The van der Waals surface area contributed by atoms with Crippen LogP contribution in [0.4, 0.5) is 10.5 Å². The van der Waals surface area contributed by atoms with Gasteiger partial charge in [-0.2, -0.15) is 0 Å². The van der Waals surface area contributed by atoms with Gasteiger partial charge >= 0.3 is 6.03 Å². The van der Waals surface area contributed by atoms with Gasteiger partial charge in [0.2, 0.25) is 0 Å². The number of amides is 2. The molecule has 0 unspecified atom stereocenters. The highest BCUT2D eigenvalue weighted by molar-refractivity contribution is 6.01. The SMILES string of the molecule is O=C(Nc1cccc2ccccc12)N1CCC(COc2ccccc2)CC1. The fraction of sp³-hybridized carbons (Fsp3) is 0.261. The predicted octanol–water partition coefficient (Wildman–Crippen LogP) is 5.16. The highest BCUT2D eigenvalue weighted by Gasteiger charge is 2.23. The van der Waals surface area contributed by atoms with Gasteiger partial charge in [-0.1, -0.05) is 54.6 Å². The van der Waals surface area contributed by atoms with E-state index in [0.29, 0.717) is 12.5 Å². The Kier molecular flexibility index (Phi) is 5.24. The number of nitrogens with one attached hydrogen (secondary N) is 1. The predicted molar refractivity (Wildman–Crippen MR) is 109 cm³/mol. The van der Waals surface area contributed by atoms with Gasteiger partial charge in [0.05, 0.1) is 12.3 Å². The Labute approximate surface area is 159 Å². The largest absolute Gasteiger partial charge is 0.493 e. The molecule has 138 valence electrons. The highest BCUT2D eigenvalue weighted by Crippen LogP contribution is 2.24. The number of carbonyl (C=O) groups excluding carboxylic acids is 1. The monoisotopic (exact) mass is 360 g/mol. The van der Waals surface area contributed by atoms with Gasteiger partial charge in [0.25, 0.3) is 0 Å². The summed E-state index contributed by atoms with van der Waals surface area (Å²) in [5, 5.41) is 5.28. The molecule has 3 aromatic carbocycles. The van der Waals surface area contributed by atoms with E-state index >= 15 is 0 Å². The lowest BCUT2D eigenvalue weighted by molar-refractivity contribution is 0.152. The molecule has 0 bridgehead atoms. The Balaban J connectivity index is 1.31. The molecule has 2 amide bonds. The van der Waals surface area contributed by atoms with Crippen LogP contribution in [-0.2, 0) is 0 Å². The van der Waals surface area contributed by atoms with Crippen LogP contribution < -0.4 is 10.1 Å². The summed E-state index contributed by atoms with van der Waals surface area (Å²) in [5.41, 5.74) is 0.868. The van der Waals surface area contributed by atoms with E-state index in [0.717, 1.165) is 48.1 Å². The molecule has 4 heteroatoms. The minimum absolute atomic E-state index is 0.0196. The molecule has 27 heavy (non-hydrogen) atoms. The summed E-state index contributed by atoms with van der Waals surface area (Å²) in [7, 11) is 0. The van der Waals surface area contributed by atoms with Crippen LogP contribution in [0.15, 0.2) is 72.8 Å². The van der Waals surface area contributed by atoms with Gasteiger partial charge < -0.3 is 15.0 Å². The van der Waals surface area contributed by atoms with Crippen LogP contribution >= 0.6 is 0 Å². The van der Waals surface area contributed by atoms with Gasteiger partial charge in [-0.15, -0.1) is 0 Å². The number of piperidine rings is 1. The normalized spacial score (nSPS) is 14.9. The molecule has 1 saturated heterocycles. The van der Waals surface area contributed by atoms with Crippen LogP contribution in [0.25, 0.3) is 10.8 Å². The van der Waals surface area contributed by atoms with Crippen LogP contribution in [0.3, 0.4) is 0 Å². The summed E-state index contributed by atoms with van der Waals surface area (Å²) in [6, 6.07) is 24.0. The van der Waals surface area contributed by atoms with E-state index in [1.165, 1.54) is 0 Å². The van der Waals surface area contributed by atoms with Crippen LogP contribution in [0.1, 0.15) is 12.8 Å². The fourth-order valence-corrected chi connectivity index (χ4v) is 3.56. The summed E-state index contributed by atoms with van der Waals surface area (Å²) < 4.78 is 5.87. The zero-order valence-electron chi connectivity index (χ0n) is 15.3. The van der Waals surface area contributed by atoms with Crippen molar-refractivity contribution in [2.45, 2.75) is 12.8 Å². The number of rotatable bonds is 4. The minimum Gasteiger partial charge on any atom is -0.493 e. The molecule has 0 spiro atoms. The smallest absolute Gasteiger partial charge is 0.321 e. The first-order valence-electron chi connectivity index (χ1n) is 9.51. The molecular formula is C23H24N2O2. The van der Waals surface area contributed by atoms with Crippen molar-refractivity contribution in [2.75, 3.05) is 25.0 Å². The van der Waals surface area contributed by atoms with Gasteiger partial charge in [0.1, 0.15) is 5.75 Å². The molecule has 1 heterocycles. The third-order valence-electron chi connectivity index (χ3n) is 5.16. The molecule has 1 aliphatic rings. The highest BCUT2D eigenvalue weighted by atomic mass is 16.5. The van der Waals surface area contributed by atoms with Crippen molar-refractivity contribution in [1.82, 2.24) is 4.90 Å². The van der Waals surface area contributed by atoms with Crippen molar-refractivity contribution in [3.8, 4) is 5.75 Å². The summed E-state index contributed by atoms with van der Waals surface area (Å²) in [5.74, 6) is 1.40. The molecular weight excluding hydrogens is 336 g/mol. The first-order valence-corrected chi connectivity index (χ1v) is 9.51. The van der Waals surface area contributed by atoms with Crippen molar-refractivity contribution < 1.29 is 9.53 Å². The Morgan fingerprint density at radius 2 is 1.63 bits per heavy atom. The number of fused-ring (bicyclic) bond motifs is 1. The number of benzene rings is 3. The number of nitrogens with zero attached hydrogens (tertiary/aromatic N) is 1. The van der Waals surface area contributed by atoms with E-state index in [-0.39, 0.29) is 6.03 Å². The van der Waals surface area contributed by atoms with Gasteiger partial charge in [-0.3, -0.25) is 0 Å². The molecule has 3 aromatic rings. The number of urea groups is 1. The van der Waals surface area contributed by atoms with Crippen molar-refractivity contribution >= 4 is 22.5 Å². The van der Waals surface area contributed by atoms with Crippen LogP contribution in [0.2, 0.25) is 0 Å². The number of likely N-dealkylation sites (tertiary alicyclic amines) is 1. The molecule has 4 rings (SSSR count). The third-order valence-corrected chi connectivity index (χ3v) is 5.16. The third kappa shape index (κ3) is 4.22. The van der Waals surface area contributed by atoms with Crippen LogP contribution in [0.5, 0.6) is 5.75 Å². The second-order valence-electron chi connectivity index (χ2n) is 7.01. The second kappa shape index (κ2) is 8.12. The van der Waals surface area contributed by atoms with Gasteiger partial charge in [0.15, 0.2) is 0 Å². The zero-order valence-corrected chi connectivity index (χ0v) is 15.3. The van der Waals surface area contributed by atoms with E-state index < -0.39 is 0 Å². The lowest BCUT2D eigenvalue weighted by atomic mass is 9.98. The summed E-state index contributed by atoms with van der Waals surface area (Å²) in [6.07, 6.45) is 1.94. The van der Waals surface area contributed by atoms with E-state index in [1.807, 2.05) is 65.6 Å². The Morgan fingerprint density at radius 1 is 0.926 bits per heavy atom. The molecule has 0 radical (unpaired) electrons. The summed E-state index contributed by atoms with van der Waals surface area (Å²) in [6.45, 7) is 2.24. The minimum atomic E-state index is -0.0196. The maximum atomic E-state index is 12.7. The van der Waals surface area contributed by atoms with Crippen LogP contribution in [0, 0.1) is 5.92 Å². The Hall–Kier alpha value is -3.01. The summed E-state index contributed by atoms with van der Waals surface area (Å²) >= 11 is 0. The van der Waals surface area contributed by atoms with Crippen LogP contribution in [-0.4, -0.2) is 30.6 Å².